The molecule has 0 spiro atoms. The van der Waals surface area contributed by atoms with E-state index in [9.17, 15) is 13.2 Å². The van der Waals surface area contributed by atoms with Gasteiger partial charge in [-0.3, -0.25) is 0 Å². The standard InChI is InChI=1S/C12H15BrF3NO/c13-10-4-5-18-11(10)7-17-9-3-1-2-8(6-9)12(14,15)16/h4-5,8-9,17H,1-3,6-7H2. The maximum absolute atomic E-state index is 12.6. The van der Waals surface area contributed by atoms with Gasteiger partial charge in [-0.25, -0.2) is 0 Å². The highest BCUT2D eigenvalue weighted by atomic mass is 79.9. The lowest BCUT2D eigenvalue weighted by Gasteiger charge is -2.31. The van der Waals surface area contributed by atoms with Gasteiger partial charge in [-0.2, -0.15) is 13.2 Å². The summed E-state index contributed by atoms with van der Waals surface area (Å²) in [5.74, 6) is -0.437. The maximum Gasteiger partial charge on any atom is 0.391 e. The Labute approximate surface area is 112 Å². The molecule has 18 heavy (non-hydrogen) atoms. The molecule has 0 radical (unpaired) electrons. The average Bonchev–Trinajstić information content (AvgIpc) is 2.72. The van der Waals surface area contributed by atoms with Crippen LogP contribution in [0.1, 0.15) is 31.4 Å². The van der Waals surface area contributed by atoms with Gasteiger partial charge < -0.3 is 9.73 Å². The molecule has 1 saturated carbocycles. The van der Waals surface area contributed by atoms with E-state index in [2.05, 4.69) is 21.2 Å². The molecule has 0 amide bonds. The first kappa shape index (κ1) is 13.9. The van der Waals surface area contributed by atoms with Crippen molar-refractivity contribution in [2.24, 2.45) is 5.92 Å². The minimum Gasteiger partial charge on any atom is -0.467 e. The van der Waals surface area contributed by atoms with Crippen molar-refractivity contribution in [3.63, 3.8) is 0 Å². The molecule has 1 aliphatic carbocycles. The summed E-state index contributed by atoms with van der Waals surface area (Å²) >= 11 is 3.32. The highest BCUT2D eigenvalue weighted by Gasteiger charge is 2.42. The van der Waals surface area contributed by atoms with Gasteiger partial charge in [0.15, 0.2) is 0 Å². The predicted octanol–water partition coefficient (Wildman–Crippen LogP) is 4.25. The first-order chi connectivity index (χ1) is 8.47. The molecular formula is C12H15BrF3NO. The summed E-state index contributed by atoms with van der Waals surface area (Å²) in [6, 6.07) is 1.69. The second-order valence-corrected chi connectivity index (χ2v) is 5.53. The van der Waals surface area contributed by atoms with Crippen LogP contribution in [0.15, 0.2) is 21.2 Å². The number of hydrogen-bond acceptors (Lipinski definition) is 2. The molecule has 1 aliphatic rings. The van der Waals surface area contributed by atoms with E-state index in [1.165, 1.54) is 0 Å². The quantitative estimate of drug-likeness (QED) is 0.898. The van der Waals surface area contributed by atoms with Crippen LogP contribution in [0.5, 0.6) is 0 Å². The second kappa shape index (κ2) is 5.65. The third-order valence-corrected chi connectivity index (χ3v) is 4.09. The molecule has 0 saturated heterocycles. The number of hydrogen-bond donors (Lipinski definition) is 1. The Balaban J connectivity index is 1.85. The van der Waals surface area contributed by atoms with Crippen molar-refractivity contribution in [1.29, 1.82) is 0 Å². The summed E-state index contributed by atoms with van der Waals surface area (Å²) in [6.45, 7) is 0.461. The fraction of sp³-hybridized carbons (Fsp3) is 0.667. The zero-order chi connectivity index (χ0) is 13.2. The molecule has 6 heteroatoms. The second-order valence-electron chi connectivity index (χ2n) is 4.67. The number of rotatable bonds is 3. The zero-order valence-electron chi connectivity index (χ0n) is 9.77. The van der Waals surface area contributed by atoms with Gasteiger partial charge in [0.2, 0.25) is 0 Å². The third-order valence-electron chi connectivity index (χ3n) is 3.38. The Morgan fingerprint density at radius 3 is 2.78 bits per heavy atom. The highest BCUT2D eigenvalue weighted by Crippen LogP contribution is 2.37. The summed E-state index contributed by atoms with van der Waals surface area (Å²) in [5, 5.41) is 3.14. The normalized spacial score (nSPS) is 25.3. The molecule has 1 N–H and O–H groups in total. The molecule has 1 fully saturated rings. The molecular weight excluding hydrogens is 311 g/mol. The lowest BCUT2D eigenvalue weighted by atomic mass is 9.85. The van der Waals surface area contributed by atoms with E-state index in [1.807, 2.05) is 0 Å². The molecule has 2 atom stereocenters. The first-order valence-electron chi connectivity index (χ1n) is 5.99. The third kappa shape index (κ3) is 3.51. The molecule has 2 rings (SSSR count). The van der Waals surface area contributed by atoms with Crippen molar-refractivity contribution in [3.8, 4) is 0 Å². The van der Waals surface area contributed by atoms with Crippen molar-refractivity contribution >= 4 is 15.9 Å². The Morgan fingerprint density at radius 1 is 1.39 bits per heavy atom. The lowest BCUT2D eigenvalue weighted by molar-refractivity contribution is -0.183. The fourth-order valence-electron chi connectivity index (χ4n) is 2.36. The van der Waals surface area contributed by atoms with Gasteiger partial charge in [-0.15, -0.1) is 0 Å². The van der Waals surface area contributed by atoms with E-state index >= 15 is 0 Å². The summed E-state index contributed by atoms with van der Waals surface area (Å²) in [4.78, 5) is 0. The van der Waals surface area contributed by atoms with Crippen molar-refractivity contribution in [2.45, 2.75) is 44.4 Å². The maximum atomic E-state index is 12.6. The van der Waals surface area contributed by atoms with Gasteiger partial charge >= 0.3 is 6.18 Å². The minimum atomic E-state index is -4.06. The van der Waals surface area contributed by atoms with Gasteiger partial charge in [-0.1, -0.05) is 6.42 Å². The molecule has 0 bridgehead atoms. The summed E-state index contributed by atoms with van der Waals surface area (Å²) in [7, 11) is 0. The Kier molecular flexibility index (Phi) is 4.37. The molecule has 2 unspecified atom stereocenters. The molecule has 1 aromatic heterocycles. The molecule has 2 nitrogen and oxygen atoms in total. The zero-order valence-corrected chi connectivity index (χ0v) is 11.4. The average molecular weight is 326 g/mol. The number of furan rings is 1. The summed E-state index contributed by atoms with van der Waals surface area (Å²) < 4.78 is 44.0. The smallest absolute Gasteiger partial charge is 0.391 e. The molecule has 0 aliphatic heterocycles. The van der Waals surface area contributed by atoms with E-state index in [-0.39, 0.29) is 18.9 Å². The van der Waals surface area contributed by atoms with Crippen LogP contribution in [0.3, 0.4) is 0 Å². The minimum absolute atomic E-state index is 0.0811. The Hall–Kier alpha value is -0.490. The molecule has 1 aromatic rings. The van der Waals surface area contributed by atoms with Crippen LogP contribution >= 0.6 is 15.9 Å². The van der Waals surface area contributed by atoms with Crippen molar-refractivity contribution in [3.05, 3.63) is 22.6 Å². The SMILES string of the molecule is FC(F)(F)C1CCCC(NCc2occc2Br)C1. The van der Waals surface area contributed by atoms with Crippen LogP contribution in [0.2, 0.25) is 0 Å². The van der Waals surface area contributed by atoms with Gasteiger partial charge in [-0.05, 0) is 41.3 Å². The van der Waals surface area contributed by atoms with Crippen molar-refractivity contribution < 1.29 is 17.6 Å². The van der Waals surface area contributed by atoms with E-state index in [0.29, 0.717) is 13.0 Å². The van der Waals surface area contributed by atoms with Crippen LogP contribution in [0.25, 0.3) is 0 Å². The van der Waals surface area contributed by atoms with Crippen LogP contribution in [0, 0.1) is 5.92 Å². The van der Waals surface area contributed by atoms with Gasteiger partial charge in [0.05, 0.1) is 23.2 Å². The number of nitrogens with one attached hydrogen (secondary N) is 1. The highest BCUT2D eigenvalue weighted by molar-refractivity contribution is 9.10. The topological polar surface area (TPSA) is 25.2 Å². The molecule has 1 heterocycles. The van der Waals surface area contributed by atoms with E-state index in [0.717, 1.165) is 16.7 Å². The van der Waals surface area contributed by atoms with Crippen molar-refractivity contribution in [2.75, 3.05) is 0 Å². The largest absolute Gasteiger partial charge is 0.467 e. The Morgan fingerprint density at radius 2 is 2.17 bits per heavy atom. The Bertz CT molecular complexity index is 391. The van der Waals surface area contributed by atoms with Crippen LogP contribution in [0.4, 0.5) is 13.2 Å². The van der Waals surface area contributed by atoms with E-state index in [4.69, 9.17) is 4.42 Å². The lowest BCUT2D eigenvalue weighted by Crippen LogP contribution is -2.38. The molecule has 102 valence electrons. The summed E-state index contributed by atoms with van der Waals surface area (Å²) in [6.07, 6.45) is -0.661. The van der Waals surface area contributed by atoms with E-state index < -0.39 is 12.1 Å². The number of alkyl halides is 3. The fourth-order valence-corrected chi connectivity index (χ4v) is 2.70. The van der Waals surface area contributed by atoms with Crippen LogP contribution in [-0.2, 0) is 6.54 Å². The van der Waals surface area contributed by atoms with Crippen molar-refractivity contribution in [1.82, 2.24) is 5.32 Å². The molecule has 0 aromatic carbocycles. The van der Waals surface area contributed by atoms with Crippen LogP contribution in [-0.4, -0.2) is 12.2 Å². The summed E-state index contributed by atoms with van der Waals surface area (Å²) in [5.41, 5.74) is 0. The first-order valence-corrected chi connectivity index (χ1v) is 6.78. The van der Waals surface area contributed by atoms with E-state index in [1.54, 1.807) is 12.3 Å². The predicted molar refractivity (Wildman–Crippen MR) is 65.0 cm³/mol. The van der Waals surface area contributed by atoms with Gasteiger partial charge in [0, 0.05) is 6.04 Å². The monoisotopic (exact) mass is 325 g/mol. The van der Waals surface area contributed by atoms with Crippen LogP contribution < -0.4 is 5.32 Å². The number of halogens is 4. The van der Waals surface area contributed by atoms with Gasteiger partial charge in [0.25, 0.3) is 0 Å². The van der Waals surface area contributed by atoms with Gasteiger partial charge in [0.1, 0.15) is 5.76 Å².